The molecule has 1 aliphatic rings. The maximum absolute atomic E-state index is 11.1. The van der Waals surface area contributed by atoms with E-state index in [9.17, 15) is 9.90 Å². The normalized spacial score (nSPS) is 26.1. The molecule has 0 saturated heterocycles. The number of amides is 1. The minimum absolute atomic E-state index is 0.0133. The zero-order valence-electron chi connectivity index (χ0n) is 12.5. The largest absolute Gasteiger partial charge is 0.389 e. The van der Waals surface area contributed by atoms with Crippen LogP contribution in [0.4, 0.5) is 0 Å². The fourth-order valence-corrected chi connectivity index (χ4v) is 2.50. The summed E-state index contributed by atoms with van der Waals surface area (Å²) in [5.74, 6) is -0.166. The Bertz CT molecular complexity index is 280. The average Bonchev–Trinajstić information content (AvgIpc) is 2.43. The minimum Gasteiger partial charge on any atom is -0.389 e. The van der Waals surface area contributed by atoms with Crippen LogP contribution in [0.1, 0.15) is 32.6 Å². The second-order valence-electron chi connectivity index (χ2n) is 5.61. The Labute approximate surface area is 121 Å². The van der Waals surface area contributed by atoms with Gasteiger partial charge < -0.3 is 25.6 Å². The van der Waals surface area contributed by atoms with Gasteiger partial charge in [-0.05, 0) is 32.6 Å². The van der Waals surface area contributed by atoms with E-state index >= 15 is 0 Å². The van der Waals surface area contributed by atoms with Gasteiger partial charge in [0.15, 0.2) is 0 Å². The van der Waals surface area contributed by atoms with E-state index in [4.69, 9.17) is 15.2 Å². The SMILES string of the molecule is COCC(C)OCC(O)CNC1CCC(C(N)=O)CC1. The molecule has 118 valence electrons. The number of nitrogens with two attached hydrogens (primary N) is 1. The Balaban J connectivity index is 2.10. The highest BCUT2D eigenvalue weighted by Crippen LogP contribution is 2.23. The lowest BCUT2D eigenvalue weighted by atomic mass is 9.85. The van der Waals surface area contributed by atoms with Crippen molar-refractivity contribution in [2.75, 3.05) is 26.9 Å². The average molecular weight is 288 g/mol. The van der Waals surface area contributed by atoms with Gasteiger partial charge >= 0.3 is 0 Å². The second-order valence-corrected chi connectivity index (χ2v) is 5.61. The molecular weight excluding hydrogens is 260 g/mol. The number of primary amides is 1. The van der Waals surface area contributed by atoms with Gasteiger partial charge in [0.05, 0.1) is 25.4 Å². The van der Waals surface area contributed by atoms with E-state index in [-0.39, 0.29) is 17.9 Å². The molecule has 1 rings (SSSR count). The molecule has 1 amide bonds. The smallest absolute Gasteiger partial charge is 0.220 e. The third-order valence-electron chi connectivity index (χ3n) is 3.75. The topological polar surface area (TPSA) is 93.8 Å². The highest BCUT2D eigenvalue weighted by atomic mass is 16.5. The molecule has 0 aliphatic heterocycles. The first-order valence-corrected chi connectivity index (χ1v) is 7.34. The highest BCUT2D eigenvalue weighted by Gasteiger charge is 2.24. The van der Waals surface area contributed by atoms with Crippen molar-refractivity contribution in [2.24, 2.45) is 11.7 Å². The molecule has 0 heterocycles. The first-order chi connectivity index (χ1) is 9.52. The van der Waals surface area contributed by atoms with Crippen molar-refractivity contribution in [1.82, 2.24) is 5.32 Å². The zero-order chi connectivity index (χ0) is 15.0. The molecule has 4 N–H and O–H groups in total. The van der Waals surface area contributed by atoms with Crippen molar-refractivity contribution in [1.29, 1.82) is 0 Å². The standard InChI is InChI=1S/C14H28N2O4/c1-10(8-19-2)20-9-13(17)7-16-12-5-3-11(4-6-12)14(15)18/h10-13,16-17H,3-9H2,1-2H3,(H2,15,18). The van der Waals surface area contributed by atoms with Crippen LogP contribution in [0.5, 0.6) is 0 Å². The molecule has 20 heavy (non-hydrogen) atoms. The van der Waals surface area contributed by atoms with Crippen LogP contribution in [0.2, 0.25) is 0 Å². The molecule has 2 atom stereocenters. The lowest BCUT2D eigenvalue weighted by Crippen LogP contribution is -2.41. The molecular formula is C14H28N2O4. The van der Waals surface area contributed by atoms with Crippen LogP contribution in [0.3, 0.4) is 0 Å². The van der Waals surface area contributed by atoms with E-state index in [1.807, 2.05) is 6.92 Å². The summed E-state index contributed by atoms with van der Waals surface area (Å²) in [6.45, 7) is 3.24. The predicted octanol–water partition coefficient (Wildman–Crippen LogP) is 0.0325. The molecule has 0 spiro atoms. The van der Waals surface area contributed by atoms with Gasteiger partial charge in [0.2, 0.25) is 5.91 Å². The number of ether oxygens (including phenoxy) is 2. The Hall–Kier alpha value is -0.690. The molecule has 0 bridgehead atoms. The van der Waals surface area contributed by atoms with Crippen molar-refractivity contribution < 1.29 is 19.4 Å². The van der Waals surface area contributed by atoms with Crippen LogP contribution < -0.4 is 11.1 Å². The summed E-state index contributed by atoms with van der Waals surface area (Å²) in [6, 6.07) is 0.358. The molecule has 6 nitrogen and oxygen atoms in total. The summed E-state index contributed by atoms with van der Waals surface area (Å²) in [4.78, 5) is 11.1. The number of nitrogens with one attached hydrogen (secondary N) is 1. The number of methoxy groups -OCH3 is 1. The number of hydrogen-bond acceptors (Lipinski definition) is 5. The number of carbonyl (C=O) groups is 1. The minimum atomic E-state index is -0.525. The van der Waals surface area contributed by atoms with Crippen LogP contribution >= 0.6 is 0 Å². The Kier molecular flexibility index (Phi) is 8.06. The third kappa shape index (κ3) is 6.65. The molecule has 0 aromatic heterocycles. The molecule has 0 aromatic rings. The highest BCUT2D eigenvalue weighted by molar-refractivity contribution is 5.76. The van der Waals surface area contributed by atoms with Crippen molar-refractivity contribution in [2.45, 2.75) is 50.9 Å². The fourth-order valence-electron chi connectivity index (χ4n) is 2.50. The van der Waals surface area contributed by atoms with Crippen LogP contribution in [-0.4, -0.2) is 56.1 Å². The molecule has 1 aliphatic carbocycles. The number of hydrogen-bond donors (Lipinski definition) is 3. The Morgan fingerprint density at radius 1 is 1.35 bits per heavy atom. The van der Waals surface area contributed by atoms with E-state index in [0.29, 0.717) is 25.8 Å². The van der Waals surface area contributed by atoms with Gasteiger partial charge in [0.25, 0.3) is 0 Å². The van der Waals surface area contributed by atoms with Gasteiger partial charge in [-0.2, -0.15) is 0 Å². The summed E-state index contributed by atoms with van der Waals surface area (Å²) in [6.07, 6.45) is 3.00. The maximum atomic E-state index is 11.1. The third-order valence-corrected chi connectivity index (χ3v) is 3.75. The first kappa shape index (κ1) is 17.4. The van der Waals surface area contributed by atoms with E-state index in [1.54, 1.807) is 7.11 Å². The molecule has 0 aromatic carbocycles. The van der Waals surface area contributed by atoms with Gasteiger partial charge in [-0.1, -0.05) is 0 Å². The summed E-state index contributed by atoms with van der Waals surface area (Å²) in [5, 5.41) is 13.2. The molecule has 1 saturated carbocycles. The molecule has 2 unspecified atom stereocenters. The van der Waals surface area contributed by atoms with E-state index < -0.39 is 6.10 Å². The number of carbonyl (C=O) groups excluding carboxylic acids is 1. The maximum Gasteiger partial charge on any atom is 0.220 e. The lowest BCUT2D eigenvalue weighted by Gasteiger charge is -2.28. The lowest BCUT2D eigenvalue weighted by molar-refractivity contribution is -0.122. The van der Waals surface area contributed by atoms with Crippen LogP contribution in [0.25, 0.3) is 0 Å². The van der Waals surface area contributed by atoms with E-state index in [2.05, 4.69) is 5.32 Å². The van der Waals surface area contributed by atoms with Gasteiger partial charge in [-0.25, -0.2) is 0 Å². The number of aliphatic hydroxyl groups excluding tert-OH is 1. The van der Waals surface area contributed by atoms with Crippen LogP contribution in [-0.2, 0) is 14.3 Å². The molecule has 6 heteroatoms. The van der Waals surface area contributed by atoms with Crippen molar-refractivity contribution in [3.8, 4) is 0 Å². The second kappa shape index (κ2) is 9.28. The Morgan fingerprint density at radius 3 is 2.55 bits per heavy atom. The summed E-state index contributed by atoms with van der Waals surface area (Å²) < 4.78 is 10.4. The quantitative estimate of drug-likeness (QED) is 0.556. The van der Waals surface area contributed by atoms with Gasteiger partial charge in [0, 0.05) is 25.6 Å². The van der Waals surface area contributed by atoms with Gasteiger partial charge in [-0.3, -0.25) is 4.79 Å². The van der Waals surface area contributed by atoms with E-state index in [1.165, 1.54) is 0 Å². The van der Waals surface area contributed by atoms with Crippen LogP contribution in [0.15, 0.2) is 0 Å². The number of rotatable bonds is 9. The zero-order valence-corrected chi connectivity index (χ0v) is 12.5. The van der Waals surface area contributed by atoms with Crippen molar-refractivity contribution in [3.05, 3.63) is 0 Å². The molecule has 0 radical (unpaired) electrons. The molecule has 1 fully saturated rings. The summed E-state index contributed by atoms with van der Waals surface area (Å²) in [7, 11) is 1.63. The van der Waals surface area contributed by atoms with Crippen molar-refractivity contribution >= 4 is 5.91 Å². The predicted molar refractivity (Wildman–Crippen MR) is 76.2 cm³/mol. The van der Waals surface area contributed by atoms with Crippen LogP contribution in [0, 0.1) is 5.92 Å². The summed E-state index contributed by atoms with van der Waals surface area (Å²) >= 11 is 0. The monoisotopic (exact) mass is 288 g/mol. The van der Waals surface area contributed by atoms with Gasteiger partial charge in [0.1, 0.15) is 0 Å². The van der Waals surface area contributed by atoms with Crippen molar-refractivity contribution in [3.63, 3.8) is 0 Å². The first-order valence-electron chi connectivity index (χ1n) is 7.34. The van der Waals surface area contributed by atoms with Gasteiger partial charge in [-0.15, -0.1) is 0 Å². The van der Waals surface area contributed by atoms with E-state index in [0.717, 1.165) is 25.7 Å². The Morgan fingerprint density at radius 2 is 2.00 bits per heavy atom. The summed E-state index contributed by atoms with van der Waals surface area (Å²) in [5.41, 5.74) is 5.30. The number of aliphatic hydroxyl groups is 1. The fraction of sp³-hybridized carbons (Fsp3) is 0.929.